The summed E-state index contributed by atoms with van der Waals surface area (Å²) in [7, 11) is 0. The number of carbonyl (C=O) groups excluding carboxylic acids is 1. The summed E-state index contributed by atoms with van der Waals surface area (Å²) in [5.74, 6) is -0.387. The van der Waals surface area contributed by atoms with Crippen molar-refractivity contribution in [1.82, 2.24) is 5.32 Å². The van der Waals surface area contributed by atoms with Crippen LogP contribution in [0.4, 0.5) is 8.78 Å². The van der Waals surface area contributed by atoms with Crippen molar-refractivity contribution in [2.75, 3.05) is 6.54 Å². The van der Waals surface area contributed by atoms with Gasteiger partial charge >= 0.3 is 4.83 Å². The first-order valence-corrected chi connectivity index (χ1v) is 4.27. The third-order valence-corrected chi connectivity index (χ3v) is 1.41. The molecule has 72 valence electrons. The molecule has 0 rings (SSSR count). The van der Waals surface area contributed by atoms with E-state index in [1.165, 1.54) is 0 Å². The lowest BCUT2D eigenvalue weighted by Crippen LogP contribution is -2.39. The van der Waals surface area contributed by atoms with Crippen LogP contribution in [0.25, 0.3) is 0 Å². The Bertz CT molecular complexity index is 171. The van der Waals surface area contributed by atoms with Crippen LogP contribution in [-0.2, 0) is 4.79 Å². The Labute approximate surface area is 78.8 Å². The van der Waals surface area contributed by atoms with Crippen molar-refractivity contribution in [1.29, 1.82) is 0 Å². The molecule has 0 unspecified atom stereocenters. The van der Waals surface area contributed by atoms with Gasteiger partial charge < -0.3 is 5.32 Å². The smallest absolute Gasteiger partial charge is 0.318 e. The van der Waals surface area contributed by atoms with Crippen LogP contribution in [0.2, 0.25) is 0 Å². The monoisotopic (exact) mass is 243 g/mol. The Balaban J connectivity index is 3.90. The Morgan fingerprint density at radius 1 is 1.42 bits per heavy atom. The van der Waals surface area contributed by atoms with Gasteiger partial charge in [-0.25, -0.2) is 0 Å². The SMILES string of the molecule is CC(C)(C)C(=O)NCC(F)(F)Br. The number of carbonyl (C=O) groups is 1. The predicted octanol–water partition coefficient (Wildman–Crippen LogP) is 2.14. The second-order valence-corrected chi connectivity index (χ2v) is 4.71. The number of alkyl halides is 3. The predicted molar refractivity (Wildman–Crippen MR) is 46.3 cm³/mol. The van der Waals surface area contributed by atoms with E-state index in [1.807, 2.05) is 0 Å². The lowest BCUT2D eigenvalue weighted by molar-refractivity contribution is -0.129. The summed E-state index contributed by atoms with van der Waals surface area (Å²) in [5, 5.41) is 2.13. The van der Waals surface area contributed by atoms with Crippen LogP contribution in [-0.4, -0.2) is 17.3 Å². The Kier molecular flexibility index (Phi) is 3.62. The Morgan fingerprint density at radius 2 is 1.83 bits per heavy atom. The molecule has 0 heterocycles. The van der Waals surface area contributed by atoms with Gasteiger partial charge in [0.15, 0.2) is 0 Å². The van der Waals surface area contributed by atoms with Crippen molar-refractivity contribution in [3.8, 4) is 0 Å². The number of hydrogen-bond acceptors (Lipinski definition) is 1. The van der Waals surface area contributed by atoms with E-state index in [1.54, 1.807) is 20.8 Å². The molecule has 0 aliphatic heterocycles. The molecule has 5 heteroatoms. The van der Waals surface area contributed by atoms with Gasteiger partial charge in [0.05, 0.1) is 6.54 Å². The van der Waals surface area contributed by atoms with Crippen LogP contribution in [0.1, 0.15) is 20.8 Å². The highest BCUT2D eigenvalue weighted by Crippen LogP contribution is 2.20. The number of amides is 1. The first-order chi connectivity index (χ1) is 5.13. The highest BCUT2D eigenvalue weighted by atomic mass is 79.9. The van der Waals surface area contributed by atoms with Crippen LogP contribution < -0.4 is 5.32 Å². The van der Waals surface area contributed by atoms with Crippen LogP contribution in [0, 0.1) is 5.41 Å². The number of rotatable bonds is 2. The Morgan fingerprint density at radius 3 is 2.08 bits per heavy atom. The third kappa shape index (κ3) is 5.46. The van der Waals surface area contributed by atoms with E-state index in [0.29, 0.717) is 0 Å². The molecular formula is C7H12BrF2NO. The van der Waals surface area contributed by atoms with Gasteiger partial charge in [-0.2, -0.15) is 8.78 Å². The maximum Gasteiger partial charge on any atom is 0.318 e. The highest BCUT2D eigenvalue weighted by Gasteiger charge is 2.28. The molecule has 0 fully saturated rings. The summed E-state index contributed by atoms with van der Waals surface area (Å²) < 4.78 is 24.3. The molecule has 0 bridgehead atoms. The third-order valence-electron chi connectivity index (χ3n) is 1.13. The molecule has 2 nitrogen and oxygen atoms in total. The topological polar surface area (TPSA) is 29.1 Å². The molecule has 0 radical (unpaired) electrons. The minimum atomic E-state index is -3.02. The summed E-state index contributed by atoms with van der Waals surface area (Å²) in [4.78, 5) is 8.03. The minimum absolute atomic E-state index is 0.387. The minimum Gasteiger partial charge on any atom is -0.349 e. The zero-order valence-corrected chi connectivity index (χ0v) is 8.84. The van der Waals surface area contributed by atoms with Gasteiger partial charge in [0.2, 0.25) is 5.91 Å². The maximum absolute atomic E-state index is 12.2. The van der Waals surface area contributed by atoms with Gasteiger partial charge in [-0.05, 0) is 15.9 Å². The van der Waals surface area contributed by atoms with E-state index in [9.17, 15) is 13.6 Å². The molecule has 0 saturated heterocycles. The fourth-order valence-electron chi connectivity index (χ4n) is 0.446. The van der Waals surface area contributed by atoms with E-state index < -0.39 is 16.8 Å². The molecule has 0 atom stereocenters. The Hall–Kier alpha value is -0.190. The summed E-state index contributed by atoms with van der Waals surface area (Å²) in [5.41, 5.74) is -0.627. The van der Waals surface area contributed by atoms with E-state index in [0.717, 1.165) is 0 Å². The van der Waals surface area contributed by atoms with Crippen LogP contribution in [0.3, 0.4) is 0 Å². The zero-order chi connectivity index (χ0) is 9.99. The van der Waals surface area contributed by atoms with Crippen molar-refractivity contribution < 1.29 is 13.6 Å². The standard InChI is InChI=1S/C7H12BrF2NO/c1-6(2,3)5(12)11-4-7(8,9)10/h4H2,1-3H3,(H,11,12). The molecular weight excluding hydrogens is 232 g/mol. The van der Waals surface area contributed by atoms with Crippen molar-refractivity contribution >= 4 is 21.8 Å². The largest absolute Gasteiger partial charge is 0.349 e. The van der Waals surface area contributed by atoms with Gasteiger partial charge in [0.1, 0.15) is 0 Å². The fraction of sp³-hybridized carbons (Fsp3) is 0.857. The van der Waals surface area contributed by atoms with Crippen molar-refractivity contribution in [3.63, 3.8) is 0 Å². The van der Waals surface area contributed by atoms with Gasteiger partial charge in [-0.15, -0.1) is 0 Å². The normalized spacial score (nSPS) is 12.8. The van der Waals surface area contributed by atoms with Crippen molar-refractivity contribution in [3.05, 3.63) is 0 Å². The molecule has 0 aromatic carbocycles. The molecule has 0 saturated carbocycles. The van der Waals surface area contributed by atoms with Gasteiger partial charge in [0, 0.05) is 5.41 Å². The summed E-state index contributed by atoms with van der Waals surface area (Å²) in [6, 6.07) is 0. The molecule has 0 spiro atoms. The highest BCUT2D eigenvalue weighted by molar-refractivity contribution is 9.10. The van der Waals surface area contributed by atoms with Gasteiger partial charge in [-0.3, -0.25) is 4.79 Å². The fourth-order valence-corrected chi connectivity index (χ4v) is 0.586. The quantitative estimate of drug-likeness (QED) is 0.741. The summed E-state index contributed by atoms with van der Waals surface area (Å²) in [6.07, 6.45) is 0. The van der Waals surface area contributed by atoms with E-state index in [2.05, 4.69) is 21.2 Å². The summed E-state index contributed by atoms with van der Waals surface area (Å²) >= 11 is 2.13. The van der Waals surface area contributed by atoms with Crippen LogP contribution in [0.5, 0.6) is 0 Å². The van der Waals surface area contributed by atoms with Crippen molar-refractivity contribution in [2.24, 2.45) is 5.41 Å². The van der Waals surface area contributed by atoms with Gasteiger partial charge in [-0.1, -0.05) is 20.8 Å². The molecule has 0 aliphatic carbocycles. The first kappa shape index (κ1) is 11.8. The number of nitrogens with one attached hydrogen (secondary N) is 1. The second kappa shape index (κ2) is 3.68. The summed E-state index contributed by atoms with van der Waals surface area (Å²) in [6.45, 7) is 4.31. The average molecular weight is 244 g/mol. The van der Waals surface area contributed by atoms with Gasteiger partial charge in [0.25, 0.3) is 0 Å². The van der Waals surface area contributed by atoms with Crippen molar-refractivity contribution in [2.45, 2.75) is 25.6 Å². The first-order valence-electron chi connectivity index (χ1n) is 3.48. The molecule has 0 aliphatic rings. The van der Waals surface area contributed by atoms with E-state index >= 15 is 0 Å². The molecule has 12 heavy (non-hydrogen) atoms. The second-order valence-electron chi connectivity index (χ2n) is 3.55. The lowest BCUT2D eigenvalue weighted by atomic mass is 9.96. The molecule has 0 aromatic heterocycles. The van der Waals surface area contributed by atoms with Crippen LogP contribution in [0.15, 0.2) is 0 Å². The zero-order valence-electron chi connectivity index (χ0n) is 7.25. The average Bonchev–Trinajstić information content (AvgIpc) is 1.78. The van der Waals surface area contributed by atoms with Crippen LogP contribution >= 0.6 is 15.9 Å². The van der Waals surface area contributed by atoms with E-state index in [4.69, 9.17) is 0 Å². The molecule has 0 aromatic rings. The maximum atomic E-state index is 12.2. The number of hydrogen-bond donors (Lipinski definition) is 1. The van der Waals surface area contributed by atoms with E-state index in [-0.39, 0.29) is 5.91 Å². The molecule has 1 amide bonds. The molecule has 1 N–H and O–H groups in total. The number of halogens is 3. The lowest BCUT2D eigenvalue weighted by Gasteiger charge is -2.18.